The van der Waals surface area contributed by atoms with Gasteiger partial charge in [-0.2, -0.15) is 0 Å². The van der Waals surface area contributed by atoms with Crippen LogP contribution in [-0.4, -0.2) is 20.6 Å². The smallest absolute Gasteiger partial charge is 0.323 e. The second-order valence-corrected chi connectivity index (χ2v) is 4.01. The van der Waals surface area contributed by atoms with Gasteiger partial charge in [0, 0.05) is 0 Å². The van der Waals surface area contributed by atoms with Crippen molar-refractivity contribution >= 4 is 32.9 Å². The Bertz CT molecular complexity index is 533. The van der Waals surface area contributed by atoms with Crippen LogP contribution in [0, 0.1) is 6.92 Å². The number of benzene rings is 1. The number of aryl methyl sites for hydroxylation is 1. The number of imidazole rings is 1. The fourth-order valence-corrected chi connectivity index (χ4v) is 2.11. The number of carboxylic acids is 1. The molecule has 0 atom stereocenters. The summed E-state index contributed by atoms with van der Waals surface area (Å²) >= 11 is 3.26. The van der Waals surface area contributed by atoms with Crippen molar-refractivity contribution in [3.05, 3.63) is 28.5 Å². The number of aromatic nitrogens is 2. The van der Waals surface area contributed by atoms with Gasteiger partial charge in [0.05, 0.1) is 11.0 Å². The molecule has 0 aliphatic rings. The van der Waals surface area contributed by atoms with Crippen LogP contribution in [-0.2, 0) is 11.3 Å². The summed E-state index contributed by atoms with van der Waals surface area (Å²) in [5.74, 6) is -0.877. The lowest BCUT2D eigenvalue weighted by Crippen LogP contribution is -2.09. The average molecular weight is 269 g/mol. The maximum atomic E-state index is 10.7. The van der Waals surface area contributed by atoms with E-state index in [0.717, 1.165) is 16.6 Å². The fraction of sp³-hybridized carbons (Fsp3) is 0.200. The van der Waals surface area contributed by atoms with Crippen LogP contribution in [0.2, 0.25) is 0 Å². The average Bonchev–Trinajstić information content (AvgIpc) is 2.43. The number of nitrogens with zero attached hydrogens (tertiary/aromatic N) is 2. The molecule has 0 radical (unpaired) electrons. The first kappa shape index (κ1) is 10.2. The predicted octanol–water partition coefficient (Wildman–Crippen LogP) is 2.19. The Morgan fingerprint density at radius 1 is 1.60 bits per heavy atom. The van der Waals surface area contributed by atoms with Crippen molar-refractivity contribution in [2.24, 2.45) is 0 Å². The SMILES string of the molecule is Cc1cccc2nc(Br)n(CC(=O)O)c12. The molecule has 1 heterocycles. The molecule has 0 saturated heterocycles. The Kier molecular flexibility index (Phi) is 2.48. The lowest BCUT2D eigenvalue weighted by Gasteiger charge is -2.03. The summed E-state index contributed by atoms with van der Waals surface area (Å²) in [5, 5.41) is 8.79. The van der Waals surface area contributed by atoms with Crippen molar-refractivity contribution in [2.45, 2.75) is 13.5 Å². The number of aliphatic carboxylic acids is 1. The molecule has 0 aliphatic carbocycles. The van der Waals surface area contributed by atoms with E-state index in [4.69, 9.17) is 5.11 Å². The van der Waals surface area contributed by atoms with Crippen LogP contribution < -0.4 is 0 Å². The standard InChI is InChI=1S/C10H9BrN2O2/c1-6-3-2-4-7-9(6)13(5-8(14)15)10(11)12-7/h2-4H,5H2,1H3,(H,14,15). The Hall–Kier alpha value is -1.36. The fourth-order valence-electron chi connectivity index (χ4n) is 1.62. The maximum absolute atomic E-state index is 10.7. The van der Waals surface area contributed by atoms with E-state index in [0.29, 0.717) is 4.73 Å². The van der Waals surface area contributed by atoms with Gasteiger partial charge in [0.25, 0.3) is 0 Å². The summed E-state index contributed by atoms with van der Waals surface area (Å²) in [6, 6.07) is 5.71. The maximum Gasteiger partial charge on any atom is 0.323 e. The number of para-hydroxylation sites is 1. The lowest BCUT2D eigenvalue weighted by atomic mass is 10.2. The van der Waals surface area contributed by atoms with Crippen molar-refractivity contribution in [1.82, 2.24) is 9.55 Å². The first-order valence-electron chi connectivity index (χ1n) is 4.42. The normalized spacial score (nSPS) is 10.8. The van der Waals surface area contributed by atoms with Crippen LogP contribution in [0.3, 0.4) is 0 Å². The van der Waals surface area contributed by atoms with Gasteiger partial charge in [-0.25, -0.2) is 4.98 Å². The van der Waals surface area contributed by atoms with Gasteiger partial charge >= 0.3 is 5.97 Å². The van der Waals surface area contributed by atoms with Gasteiger partial charge in [-0.05, 0) is 34.5 Å². The van der Waals surface area contributed by atoms with Crippen LogP contribution in [0.25, 0.3) is 11.0 Å². The second kappa shape index (κ2) is 3.66. The number of fused-ring (bicyclic) bond motifs is 1. The van der Waals surface area contributed by atoms with Gasteiger partial charge in [-0.15, -0.1) is 0 Å². The van der Waals surface area contributed by atoms with Crippen LogP contribution in [0.5, 0.6) is 0 Å². The number of carboxylic acid groups (broad SMARTS) is 1. The highest BCUT2D eigenvalue weighted by molar-refractivity contribution is 9.10. The van der Waals surface area contributed by atoms with E-state index < -0.39 is 5.97 Å². The van der Waals surface area contributed by atoms with E-state index in [1.165, 1.54) is 0 Å². The zero-order chi connectivity index (χ0) is 11.0. The number of carbonyl (C=O) groups is 1. The molecule has 5 heteroatoms. The lowest BCUT2D eigenvalue weighted by molar-refractivity contribution is -0.137. The van der Waals surface area contributed by atoms with Gasteiger partial charge in [0.1, 0.15) is 6.54 Å². The summed E-state index contributed by atoms with van der Waals surface area (Å²) in [6.45, 7) is 1.86. The third-order valence-corrected chi connectivity index (χ3v) is 2.82. The van der Waals surface area contributed by atoms with E-state index in [-0.39, 0.29) is 6.54 Å². The monoisotopic (exact) mass is 268 g/mol. The van der Waals surface area contributed by atoms with Crippen LogP contribution in [0.1, 0.15) is 5.56 Å². The minimum atomic E-state index is -0.877. The Labute approximate surface area is 94.7 Å². The van der Waals surface area contributed by atoms with E-state index >= 15 is 0 Å². The third kappa shape index (κ3) is 1.74. The highest BCUT2D eigenvalue weighted by Gasteiger charge is 2.12. The minimum Gasteiger partial charge on any atom is -0.480 e. The highest BCUT2D eigenvalue weighted by Crippen LogP contribution is 2.22. The molecule has 78 valence electrons. The van der Waals surface area contributed by atoms with Crippen molar-refractivity contribution in [2.75, 3.05) is 0 Å². The minimum absolute atomic E-state index is 0.0814. The van der Waals surface area contributed by atoms with Gasteiger partial charge in [-0.1, -0.05) is 12.1 Å². The number of hydrogen-bond donors (Lipinski definition) is 1. The van der Waals surface area contributed by atoms with E-state index in [1.807, 2.05) is 25.1 Å². The Morgan fingerprint density at radius 2 is 2.33 bits per heavy atom. The van der Waals surface area contributed by atoms with Crippen LogP contribution >= 0.6 is 15.9 Å². The molecule has 2 rings (SSSR count). The van der Waals surface area contributed by atoms with E-state index in [2.05, 4.69) is 20.9 Å². The Balaban J connectivity index is 2.71. The first-order valence-corrected chi connectivity index (χ1v) is 5.22. The molecule has 1 N–H and O–H groups in total. The van der Waals surface area contributed by atoms with E-state index in [1.54, 1.807) is 4.57 Å². The summed E-state index contributed by atoms with van der Waals surface area (Å²) in [6.07, 6.45) is 0. The second-order valence-electron chi connectivity index (χ2n) is 3.30. The van der Waals surface area contributed by atoms with Crippen LogP contribution in [0.4, 0.5) is 0 Å². The third-order valence-electron chi connectivity index (χ3n) is 2.22. The molecule has 0 fully saturated rings. The first-order chi connectivity index (χ1) is 7.09. The molecule has 2 aromatic rings. The molecule has 0 unspecified atom stereocenters. The molecule has 4 nitrogen and oxygen atoms in total. The Morgan fingerprint density at radius 3 is 3.00 bits per heavy atom. The van der Waals surface area contributed by atoms with E-state index in [9.17, 15) is 4.79 Å². The molecule has 1 aromatic heterocycles. The summed E-state index contributed by atoms with van der Waals surface area (Å²) < 4.78 is 2.20. The quantitative estimate of drug-likeness (QED) is 0.909. The largest absolute Gasteiger partial charge is 0.480 e. The molecule has 0 spiro atoms. The molecule has 0 bridgehead atoms. The van der Waals surface area contributed by atoms with Gasteiger partial charge < -0.3 is 9.67 Å². The highest BCUT2D eigenvalue weighted by atomic mass is 79.9. The van der Waals surface area contributed by atoms with Crippen LogP contribution in [0.15, 0.2) is 22.9 Å². The van der Waals surface area contributed by atoms with Crippen molar-refractivity contribution in [3.63, 3.8) is 0 Å². The number of halogens is 1. The summed E-state index contributed by atoms with van der Waals surface area (Å²) in [7, 11) is 0. The molecular formula is C10H9BrN2O2. The van der Waals surface area contributed by atoms with Gasteiger partial charge in [-0.3, -0.25) is 4.79 Å². The van der Waals surface area contributed by atoms with Gasteiger partial charge in [0.15, 0.2) is 4.73 Å². The molecule has 1 aromatic carbocycles. The summed E-state index contributed by atoms with van der Waals surface area (Å²) in [5.41, 5.74) is 2.70. The zero-order valence-electron chi connectivity index (χ0n) is 8.07. The molecular weight excluding hydrogens is 260 g/mol. The van der Waals surface area contributed by atoms with Crippen molar-refractivity contribution < 1.29 is 9.90 Å². The molecule has 0 saturated carbocycles. The predicted molar refractivity (Wildman–Crippen MR) is 59.8 cm³/mol. The molecule has 15 heavy (non-hydrogen) atoms. The van der Waals surface area contributed by atoms with Crippen molar-refractivity contribution in [1.29, 1.82) is 0 Å². The molecule has 0 aliphatic heterocycles. The summed E-state index contributed by atoms with van der Waals surface area (Å²) in [4.78, 5) is 14.9. The molecule has 0 amide bonds. The van der Waals surface area contributed by atoms with Gasteiger partial charge in [0.2, 0.25) is 0 Å². The number of rotatable bonds is 2. The zero-order valence-corrected chi connectivity index (χ0v) is 9.65. The topological polar surface area (TPSA) is 55.1 Å². The van der Waals surface area contributed by atoms with Crippen molar-refractivity contribution in [3.8, 4) is 0 Å². The number of hydrogen-bond acceptors (Lipinski definition) is 2.